The Labute approximate surface area is 115 Å². The normalized spacial score (nSPS) is 19.1. The smallest absolute Gasteiger partial charge is 0.216 e. The lowest BCUT2D eigenvalue weighted by Crippen LogP contribution is -2.16. The second-order valence-electron chi connectivity index (χ2n) is 5.12. The number of rotatable bonds is 9. The van der Waals surface area contributed by atoms with Crippen LogP contribution in [-0.4, -0.2) is 36.0 Å². The van der Waals surface area contributed by atoms with E-state index in [9.17, 15) is 0 Å². The largest absolute Gasteiger partial charge is 0.425 e. The Morgan fingerprint density at radius 2 is 2.05 bits per heavy atom. The number of hydrogen-bond acceptors (Lipinski definition) is 5. The summed E-state index contributed by atoms with van der Waals surface area (Å²) >= 11 is 0. The quantitative estimate of drug-likeness (QED) is 0.694. The summed E-state index contributed by atoms with van der Waals surface area (Å²) in [7, 11) is 0. The fourth-order valence-electron chi connectivity index (χ4n) is 2.31. The van der Waals surface area contributed by atoms with Gasteiger partial charge in [0.05, 0.1) is 6.10 Å². The van der Waals surface area contributed by atoms with Gasteiger partial charge in [0.15, 0.2) is 0 Å². The summed E-state index contributed by atoms with van der Waals surface area (Å²) in [5, 5.41) is 11.6. The van der Waals surface area contributed by atoms with Crippen molar-refractivity contribution < 1.29 is 9.15 Å². The van der Waals surface area contributed by atoms with Crippen LogP contribution in [0.15, 0.2) is 4.42 Å². The molecule has 1 aliphatic heterocycles. The van der Waals surface area contributed by atoms with E-state index in [4.69, 9.17) is 9.15 Å². The number of nitrogens with zero attached hydrogens (tertiary/aromatic N) is 2. The zero-order valence-electron chi connectivity index (χ0n) is 11.9. The van der Waals surface area contributed by atoms with E-state index in [2.05, 4.69) is 22.4 Å². The molecule has 5 nitrogen and oxygen atoms in total. The summed E-state index contributed by atoms with van der Waals surface area (Å²) in [5.74, 6) is 1.52. The average molecular weight is 267 g/mol. The molecule has 1 N–H and O–H groups in total. The fraction of sp³-hybridized carbons (Fsp3) is 0.857. The minimum atomic E-state index is 0.397. The van der Waals surface area contributed by atoms with Gasteiger partial charge in [-0.2, -0.15) is 0 Å². The van der Waals surface area contributed by atoms with Gasteiger partial charge in [0.2, 0.25) is 11.8 Å². The van der Waals surface area contributed by atoms with E-state index in [-0.39, 0.29) is 0 Å². The maximum Gasteiger partial charge on any atom is 0.216 e. The van der Waals surface area contributed by atoms with Crippen molar-refractivity contribution in [3.8, 4) is 0 Å². The Hall–Kier alpha value is -0.940. The van der Waals surface area contributed by atoms with Gasteiger partial charge in [0.1, 0.15) is 0 Å². The molecule has 19 heavy (non-hydrogen) atoms. The molecule has 0 radical (unpaired) electrons. The summed E-state index contributed by atoms with van der Waals surface area (Å²) in [5.41, 5.74) is 0. The molecule has 1 aromatic rings. The Kier molecular flexibility index (Phi) is 6.30. The van der Waals surface area contributed by atoms with Crippen LogP contribution in [0.25, 0.3) is 0 Å². The van der Waals surface area contributed by atoms with E-state index < -0.39 is 0 Å². The van der Waals surface area contributed by atoms with Crippen LogP contribution in [0.5, 0.6) is 0 Å². The fourth-order valence-corrected chi connectivity index (χ4v) is 2.31. The van der Waals surface area contributed by atoms with Gasteiger partial charge in [-0.05, 0) is 45.2 Å². The molecule has 1 unspecified atom stereocenters. The van der Waals surface area contributed by atoms with Crippen LogP contribution >= 0.6 is 0 Å². The lowest BCUT2D eigenvalue weighted by atomic mass is 10.1. The Morgan fingerprint density at radius 3 is 2.79 bits per heavy atom. The highest BCUT2D eigenvalue weighted by molar-refractivity contribution is 4.84. The third-order valence-corrected chi connectivity index (χ3v) is 3.38. The van der Waals surface area contributed by atoms with Gasteiger partial charge in [-0.3, -0.25) is 0 Å². The summed E-state index contributed by atoms with van der Waals surface area (Å²) in [6.07, 6.45) is 7.68. The van der Waals surface area contributed by atoms with Crippen LogP contribution < -0.4 is 5.32 Å². The van der Waals surface area contributed by atoms with Crippen molar-refractivity contribution in [3.63, 3.8) is 0 Å². The number of aryl methyl sites for hydroxylation is 2. The molecule has 1 atom stereocenters. The molecule has 1 aliphatic rings. The van der Waals surface area contributed by atoms with E-state index in [1.54, 1.807) is 0 Å². The van der Waals surface area contributed by atoms with Gasteiger partial charge in [-0.15, -0.1) is 10.2 Å². The van der Waals surface area contributed by atoms with Crippen molar-refractivity contribution >= 4 is 0 Å². The molecule has 5 heteroatoms. The van der Waals surface area contributed by atoms with Gasteiger partial charge in [0.25, 0.3) is 0 Å². The summed E-state index contributed by atoms with van der Waals surface area (Å²) in [6.45, 7) is 5.17. The van der Waals surface area contributed by atoms with Gasteiger partial charge < -0.3 is 14.5 Å². The average Bonchev–Trinajstić information content (AvgIpc) is 3.07. The summed E-state index contributed by atoms with van der Waals surface area (Å²) < 4.78 is 11.2. The Bertz CT molecular complexity index is 348. The maximum absolute atomic E-state index is 5.64. The molecule has 2 heterocycles. The number of aromatic nitrogens is 2. The van der Waals surface area contributed by atoms with E-state index in [0.29, 0.717) is 6.10 Å². The van der Waals surface area contributed by atoms with Crippen molar-refractivity contribution in [3.05, 3.63) is 11.8 Å². The summed E-state index contributed by atoms with van der Waals surface area (Å²) in [4.78, 5) is 0. The van der Waals surface area contributed by atoms with E-state index in [1.165, 1.54) is 19.3 Å². The zero-order chi connectivity index (χ0) is 13.3. The highest BCUT2D eigenvalue weighted by Gasteiger charge is 2.16. The third kappa shape index (κ3) is 5.28. The molecule has 0 aromatic carbocycles. The highest BCUT2D eigenvalue weighted by atomic mass is 16.5. The molecule has 1 aromatic heterocycles. The molecule has 0 spiro atoms. The molecule has 0 aliphatic carbocycles. The molecular weight excluding hydrogens is 242 g/mol. The van der Waals surface area contributed by atoms with Gasteiger partial charge in [-0.1, -0.05) is 6.92 Å². The lowest BCUT2D eigenvalue weighted by Gasteiger charge is -2.05. The molecule has 108 valence electrons. The van der Waals surface area contributed by atoms with Crippen LogP contribution in [0.4, 0.5) is 0 Å². The predicted molar refractivity (Wildman–Crippen MR) is 73.1 cm³/mol. The van der Waals surface area contributed by atoms with Gasteiger partial charge in [0, 0.05) is 19.4 Å². The van der Waals surface area contributed by atoms with E-state index in [1.807, 2.05) is 0 Å². The molecule has 1 saturated heterocycles. The third-order valence-electron chi connectivity index (χ3n) is 3.38. The first-order valence-corrected chi connectivity index (χ1v) is 7.52. The minimum Gasteiger partial charge on any atom is -0.425 e. The predicted octanol–water partition coefficient (Wildman–Crippen LogP) is 2.11. The number of nitrogens with one attached hydrogen (secondary N) is 1. The zero-order valence-corrected chi connectivity index (χ0v) is 11.9. The van der Waals surface area contributed by atoms with Crippen molar-refractivity contribution in [2.75, 3.05) is 19.7 Å². The molecule has 0 bridgehead atoms. The van der Waals surface area contributed by atoms with Gasteiger partial charge in [-0.25, -0.2) is 0 Å². The molecule has 2 rings (SSSR count). The molecular formula is C14H25N3O2. The minimum absolute atomic E-state index is 0.397. The van der Waals surface area contributed by atoms with Crippen LogP contribution in [0, 0.1) is 0 Å². The van der Waals surface area contributed by atoms with E-state index >= 15 is 0 Å². The van der Waals surface area contributed by atoms with Gasteiger partial charge >= 0.3 is 0 Å². The first-order valence-electron chi connectivity index (χ1n) is 7.52. The monoisotopic (exact) mass is 267 g/mol. The van der Waals surface area contributed by atoms with Crippen molar-refractivity contribution in [2.45, 2.75) is 58.0 Å². The van der Waals surface area contributed by atoms with Crippen molar-refractivity contribution in [2.24, 2.45) is 0 Å². The van der Waals surface area contributed by atoms with E-state index in [0.717, 1.165) is 57.2 Å². The second kappa shape index (κ2) is 8.27. The maximum atomic E-state index is 5.64. The summed E-state index contributed by atoms with van der Waals surface area (Å²) in [6, 6.07) is 0. The second-order valence-corrected chi connectivity index (χ2v) is 5.12. The first-order chi connectivity index (χ1) is 9.38. The van der Waals surface area contributed by atoms with Crippen molar-refractivity contribution in [1.29, 1.82) is 0 Å². The molecule has 1 fully saturated rings. The topological polar surface area (TPSA) is 60.2 Å². The Balaban J connectivity index is 1.61. The molecule has 0 amide bonds. The lowest BCUT2D eigenvalue weighted by molar-refractivity contribution is 0.103. The van der Waals surface area contributed by atoms with Crippen molar-refractivity contribution in [1.82, 2.24) is 15.5 Å². The van der Waals surface area contributed by atoms with Crippen LogP contribution in [-0.2, 0) is 17.6 Å². The standard InChI is InChI=1S/C14H25N3O2/c1-2-9-15-10-3-6-13-16-17-14(19-13)8-7-12-5-4-11-18-12/h12,15H,2-11H2,1H3. The SMILES string of the molecule is CCCNCCCc1nnc(CCC2CCCO2)o1. The number of hydrogen-bond donors (Lipinski definition) is 1. The number of ether oxygens (including phenoxy) is 1. The molecule has 0 saturated carbocycles. The van der Waals surface area contributed by atoms with Crippen LogP contribution in [0.2, 0.25) is 0 Å². The Morgan fingerprint density at radius 1 is 1.21 bits per heavy atom. The first kappa shape index (κ1) is 14.5. The highest BCUT2D eigenvalue weighted by Crippen LogP contribution is 2.17. The van der Waals surface area contributed by atoms with Crippen LogP contribution in [0.3, 0.4) is 0 Å². The van der Waals surface area contributed by atoms with Crippen LogP contribution in [0.1, 0.15) is 50.8 Å².